The van der Waals surface area contributed by atoms with Crippen molar-refractivity contribution in [1.82, 2.24) is 10.3 Å². The van der Waals surface area contributed by atoms with Crippen LogP contribution in [0.5, 0.6) is 5.75 Å². The standard InChI is InChI=1S/C16H13F3N2O3/c1-8-2-3-9-11(7-24-12(9)6-8)20-14(22)10-4-5-13(16(17,18)19)21-15(10)23/h2-6,11H,7H2,1H3,(H,20,22)(H,21,23). The van der Waals surface area contributed by atoms with Gasteiger partial charge in [0.15, 0.2) is 0 Å². The third-order valence-electron chi connectivity index (χ3n) is 3.71. The Morgan fingerprint density at radius 1 is 1.29 bits per heavy atom. The number of alkyl halides is 3. The molecule has 2 heterocycles. The van der Waals surface area contributed by atoms with Gasteiger partial charge in [0.05, 0.1) is 6.04 Å². The first-order chi connectivity index (χ1) is 11.3. The molecule has 1 amide bonds. The van der Waals surface area contributed by atoms with Crippen LogP contribution in [-0.4, -0.2) is 17.5 Å². The summed E-state index contributed by atoms with van der Waals surface area (Å²) in [6.07, 6.45) is -4.68. The number of aromatic amines is 1. The number of hydrogen-bond donors (Lipinski definition) is 2. The van der Waals surface area contributed by atoms with Crippen molar-refractivity contribution in [2.45, 2.75) is 19.1 Å². The van der Waals surface area contributed by atoms with Crippen LogP contribution in [0.2, 0.25) is 0 Å². The molecule has 2 aromatic rings. The zero-order valence-corrected chi connectivity index (χ0v) is 12.5. The van der Waals surface area contributed by atoms with Gasteiger partial charge < -0.3 is 15.0 Å². The summed E-state index contributed by atoms with van der Waals surface area (Å²) >= 11 is 0. The molecule has 2 N–H and O–H groups in total. The maximum absolute atomic E-state index is 12.5. The van der Waals surface area contributed by atoms with Gasteiger partial charge in [-0.3, -0.25) is 9.59 Å². The SMILES string of the molecule is Cc1ccc2c(c1)OCC2NC(=O)c1ccc(C(F)(F)F)[nH]c1=O. The molecule has 0 spiro atoms. The van der Waals surface area contributed by atoms with Crippen LogP contribution >= 0.6 is 0 Å². The number of benzene rings is 1. The van der Waals surface area contributed by atoms with Gasteiger partial charge in [0.25, 0.3) is 11.5 Å². The highest BCUT2D eigenvalue weighted by Crippen LogP contribution is 2.33. The topological polar surface area (TPSA) is 71.2 Å². The molecule has 1 aliphatic rings. The fourth-order valence-corrected chi connectivity index (χ4v) is 2.49. The van der Waals surface area contributed by atoms with Crippen molar-refractivity contribution in [2.24, 2.45) is 0 Å². The Bertz CT molecular complexity index is 858. The van der Waals surface area contributed by atoms with Crippen LogP contribution in [0, 0.1) is 6.92 Å². The first-order valence-electron chi connectivity index (χ1n) is 7.10. The van der Waals surface area contributed by atoms with Crippen LogP contribution in [0.25, 0.3) is 0 Å². The Morgan fingerprint density at radius 3 is 2.71 bits per heavy atom. The van der Waals surface area contributed by atoms with Crippen molar-refractivity contribution in [3.05, 3.63) is 63.1 Å². The first-order valence-corrected chi connectivity index (χ1v) is 7.10. The molecule has 0 saturated carbocycles. The number of hydrogen-bond acceptors (Lipinski definition) is 3. The third kappa shape index (κ3) is 2.99. The van der Waals surface area contributed by atoms with E-state index in [0.717, 1.165) is 17.2 Å². The van der Waals surface area contributed by atoms with Crippen LogP contribution in [0.3, 0.4) is 0 Å². The summed E-state index contributed by atoms with van der Waals surface area (Å²) in [6, 6.07) is 6.56. The van der Waals surface area contributed by atoms with Crippen LogP contribution in [0.1, 0.15) is 33.2 Å². The van der Waals surface area contributed by atoms with Gasteiger partial charge in [-0.15, -0.1) is 0 Å². The van der Waals surface area contributed by atoms with E-state index in [1.807, 2.05) is 19.1 Å². The summed E-state index contributed by atoms with van der Waals surface area (Å²) in [5.41, 5.74) is -0.916. The van der Waals surface area contributed by atoms with Gasteiger partial charge in [-0.1, -0.05) is 12.1 Å². The van der Waals surface area contributed by atoms with E-state index in [-0.39, 0.29) is 12.2 Å². The lowest BCUT2D eigenvalue weighted by Gasteiger charge is -2.12. The summed E-state index contributed by atoms with van der Waals surface area (Å²) in [6.45, 7) is 2.10. The minimum Gasteiger partial charge on any atom is -0.491 e. The van der Waals surface area contributed by atoms with Gasteiger partial charge >= 0.3 is 6.18 Å². The first kappa shape index (κ1) is 16.1. The maximum Gasteiger partial charge on any atom is 0.431 e. The molecular formula is C16H13F3N2O3. The normalized spacial score (nSPS) is 16.4. The summed E-state index contributed by atoms with van der Waals surface area (Å²) in [5.74, 6) is -0.117. The molecule has 24 heavy (non-hydrogen) atoms. The Kier molecular flexibility index (Phi) is 3.82. The predicted octanol–water partition coefficient (Wildman–Crippen LogP) is 2.57. The molecule has 1 atom stereocenters. The van der Waals surface area contributed by atoms with Crippen molar-refractivity contribution in [2.75, 3.05) is 6.61 Å². The molecule has 1 aromatic carbocycles. The fourth-order valence-electron chi connectivity index (χ4n) is 2.49. The lowest BCUT2D eigenvalue weighted by atomic mass is 10.1. The monoisotopic (exact) mass is 338 g/mol. The number of aryl methyl sites for hydroxylation is 1. The molecule has 1 unspecified atom stereocenters. The lowest BCUT2D eigenvalue weighted by Crippen LogP contribution is -2.34. The van der Waals surface area contributed by atoms with Crippen molar-refractivity contribution >= 4 is 5.91 Å². The van der Waals surface area contributed by atoms with E-state index in [2.05, 4.69) is 5.32 Å². The van der Waals surface area contributed by atoms with Crippen molar-refractivity contribution < 1.29 is 22.7 Å². The number of H-pyrrole nitrogens is 1. The number of amides is 1. The number of rotatable bonds is 2. The maximum atomic E-state index is 12.5. The minimum absolute atomic E-state index is 0.197. The average Bonchev–Trinajstić information content (AvgIpc) is 2.88. The number of carbonyl (C=O) groups excluding carboxylic acids is 1. The van der Waals surface area contributed by atoms with Crippen molar-refractivity contribution in [3.63, 3.8) is 0 Å². The van der Waals surface area contributed by atoms with Gasteiger partial charge in [-0.05, 0) is 30.7 Å². The molecule has 1 aromatic heterocycles. The van der Waals surface area contributed by atoms with E-state index in [9.17, 15) is 22.8 Å². The average molecular weight is 338 g/mol. The van der Waals surface area contributed by atoms with E-state index in [0.29, 0.717) is 11.8 Å². The summed E-state index contributed by atoms with van der Waals surface area (Å²) in [7, 11) is 0. The van der Waals surface area contributed by atoms with Crippen LogP contribution in [-0.2, 0) is 6.18 Å². The molecule has 126 valence electrons. The summed E-state index contributed by atoms with van der Waals surface area (Å²) < 4.78 is 43.1. The molecule has 0 aliphatic carbocycles. The zero-order valence-electron chi connectivity index (χ0n) is 12.5. The lowest BCUT2D eigenvalue weighted by molar-refractivity contribution is -0.141. The third-order valence-corrected chi connectivity index (χ3v) is 3.71. The second-order valence-corrected chi connectivity index (χ2v) is 5.49. The number of fused-ring (bicyclic) bond motifs is 1. The summed E-state index contributed by atoms with van der Waals surface area (Å²) in [5, 5.41) is 2.60. The highest BCUT2D eigenvalue weighted by atomic mass is 19.4. The van der Waals surface area contributed by atoms with Crippen LogP contribution < -0.4 is 15.6 Å². The van der Waals surface area contributed by atoms with Gasteiger partial charge in [-0.25, -0.2) is 0 Å². The van der Waals surface area contributed by atoms with Gasteiger partial charge in [0.1, 0.15) is 23.6 Å². The van der Waals surface area contributed by atoms with E-state index in [1.165, 1.54) is 0 Å². The van der Waals surface area contributed by atoms with Gasteiger partial charge in [0, 0.05) is 5.56 Å². The number of aromatic nitrogens is 1. The minimum atomic E-state index is -4.68. The molecule has 0 bridgehead atoms. The predicted molar refractivity (Wildman–Crippen MR) is 78.9 cm³/mol. The Morgan fingerprint density at radius 2 is 2.04 bits per heavy atom. The second kappa shape index (κ2) is 5.70. The van der Waals surface area contributed by atoms with Crippen molar-refractivity contribution in [1.29, 1.82) is 0 Å². The largest absolute Gasteiger partial charge is 0.491 e. The smallest absolute Gasteiger partial charge is 0.431 e. The van der Waals surface area contributed by atoms with E-state index < -0.39 is 29.4 Å². The molecular weight excluding hydrogens is 325 g/mol. The van der Waals surface area contributed by atoms with Crippen LogP contribution in [0.4, 0.5) is 13.2 Å². The zero-order chi connectivity index (χ0) is 17.5. The highest BCUT2D eigenvalue weighted by molar-refractivity contribution is 5.94. The molecule has 1 aliphatic heterocycles. The van der Waals surface area contributed by atoms with E-state index in [4.69, 9.17) is 4.74 Å². The molecule has 0 fully saturated rings. The molecule has 3 rings (SSSR count). The van der Waals surface area contributed by atoms with Gasteiger partial charge in [-0.2, -0.15) is 13.2 Å². The molecule has 5 nitrogen and oxygen atoms in total. The number of pyridine rings is 1. The summed E-state index contributed by atoms with van der Waals surface area (Å²) in [4.78, 5) is 25.6. The molecule has 8 heteroatoms. The highest BCUT2D eigenvalue weighted by Gasteiger charge is 2.33. The molecule has 0 saturated heterocycles. The number of halogens is 3. The Labute approximate surface area is 134 Å². The molecule has 0 radical (unpaired) electrons. The van der Waals surface area contributed by atoms with Gasteiger partial charge in [0.2, 0.25) is 0 Å². The Hall–Kier alpha value is -2.77. The fraction of sp³-hybridized carbons (Fsp3) is 0.250. The van der Waals surface area contributed by atoms with Crippen LogP contribution in [0.15, 0.2) is 35.1 Å². The quantitative estimate of drug-likeness (QED) is 0.884. The van der Waals surface area contributed by atoms with E-state index in [1.54, 1.807) is 11.1 Å². The second-order valence-electron chi connectivity index (χ2n) is 5.49. The number of carbonyl (C=O) groups is 1. The van der Waals surface area contributed by atoms with E-state index >= 15 is 0 Å². The van der Waals surface area contributed by atoms with Crippen molar-refractivity contribution in [3.8, 4) is 5.75 Å². The Balaban J connectivity index is 1.81. The number of ether oxygens (including phenoxy) is 1. The number of nitrogens with one attached hydrogen (secondary N) is 2.